The van der Waals surface area contributed by atoms with Gasteiger partial charge in [0.15, 0.2) is 0 Å². The molecule has 1 aromatic carbocycles. The smallest absolute Gasteiger partial charge is 0.254 e. The van der Waals surface area contributed by atoms with Crippen LogP contribution in [0.3, 0.4) is 0 Å². The van der Waals surface area contributed by atoms with Crippen LogP contribution in [0.2, 0.25) is 0 Å². The number of nitrogens with zero attached hydrogens (tertiary/aromatic N) is 1. The number of rotatable bonds is 3. The van der Waals surface area contributed by atoms with Crippen molar-refractivity contribution in [3.8, 4) is 11.5 Å². The van der Waals surface area contributed by atoms with Gasteiger partial charge in [-0.15, -0.1) is 0 Å². The van der Waals surface area contributed by atoms with Gasteiger partial charge in [0.1, 0.15) is 11.5 Å². The molecule has 1 unspecified atom stereocenters. The average molecular weight is 278 g/mol. The Hall–Kier alpha value is -1.75. The molecule has 1 fully saturated rings. The molecule has 20 heavy (non-hydrogen) atoms. The summed E-state index contributed by atoms with van der Waals surface area (Å²) in [7, 11) is 3.20. The summed E-state index contributed by atoms with van der Waals surface area (Å²) in [6, 6.07) is 3.76. The van der Waals surface area contributed by atoms with Crippen LogP contribution in [0.15, 0.2) is 12.1 Å². The molecule has 0 bridgehead atoms. The SMILES string of the molecule is COc1cc(C(=O)N2CCNCC2C)cc(OC)c1C. The number of carbonyl (C=O) groups excluding carboxylic acids is 1. The normalized spacial score (nSPS) is 18.8. The van der Waals surface area contributed by atoms with Crippen LogP contribution in [-0.4, -0.2) is 50.7 Å². The number of hydrogen-bond acceptors (Lipinski definition) is 4. The molecule has 1 aromatic rings. The monoisotopic (exact) mass is 278 g/mol. The number of ether oxygens (including phenoxy) is 2. The highest BCUT2D eigenvalue weighted by Gasteiger charge is 2.25. The summed E-state index contributed by atoms with van der Waals surface area (Å²) in [6.45, 7) is 6.34. The van der Waals surface area contributed by atoms with Crippen LogP contribution in [-0.2, 0) is 0 Å². The zero-order chi connectivity index (χ0) is 14.7. The largest absolute Gasteiger partial charge is 0.496 e. The fourth-order valence-electron chi connectivity index (χ4n) is 2.52. The number of benzene rings is 1. The summed E-state index contributed by atoms with van der Waals surface area (Å²) in [4.78, 5) is 14.5. The highest BCUT2D eigenvalue weighted by Crippen LogP contribution is 2.30. The van der Waals surface area contributed by atoms with Crippen molar-refractivity contribution in [3.05, 3.63) is 23.3 Å². The topological polar surface area (TPSA) is 50.8 Å². The van der Waals surface area contributed by atoms with E-state index in [2.05, 4.69) is 5.32 Å². The lowest BCUT2D eigenvalue weighted by molar-refractivity contribution is 0.0655. The Morgan fingerprint density at radius 2 is 1.90 bits per heavy atom. The number of nitrogens with one attached hydrogen (secondary N) is 1. The maximum atomic E-state index is 12.6. The van der Waals surface area contributed by atoms with E-state index in [1.165, 1.54) is 0 Å². The van der Waals surface area contributed by atoms with Crippen LogP contribution in [0.4, 0.5) is 0 Å². The molecule has 0 spiro atoms. The Kier molecular flexibility index (Phi) is 4.49. The third-order valence-electron chi connectivity index (χ3n) is 3.76. The van der Waals surface area contributed by atoms with E-state index in [-0.39, 0.29) is 11.9 Å². The molecule has 1 saturated heterocycles. The predicted molar refractivity (Wildman–Crippen MR) is 77.7 cm³/mol. The summed E-state index contributed by atoms with van der Waals surface area (Å²) >= 11 is 0. The van der Waals surface area contributed by atoms with Gasteiger partial charge in [-0.05, 0) is 26.0 Å². The molecule has 1 heterocycles. The summed E-state index contributed by atoms with van der Waals surface area (Å²) in [5, 5.41) is 3.28. The van der Waals surface area contributed by atoms with Gasteiger partial charge < -0.3 is 19.7 Å². The first-order valence-corrected chi connectivity index (χ1v) is 6.82. The minimum absolute atomic E-state index is 0.0237. The zero-order valence-corrected chi connectivity index (χ0v) is 12.5. The molecule has 0 saturated carbocycles. The highest BCUT2D eigenvalue weighted by atomic mass is 16.5. The molecule has 5 heteroatoms. The second-order valence-electron chi connectivity index (χ2n) is 5.06. The predicted octanol–water partition coefficient (Wildman–Crippen LogP) is 1.45. The third kappa shape index (κ3) is 2.72. The Morgan fingerprint density at radius 3 is 2.40 bits per heavy atom. The first-order chi connectivity index (χ1) is 9.58. The minimum Gasteiger partial charge on any atom is -0.496 e. The lowest BCUT2D eigenvalue weighted by atomic mass is 10.1. The van der Waals surface area contributed by atoms with Gasteiger partial charge in [-0.2, -0.15) is 0 Å². The molecule has 1 N–H and O–H groups in total. The number of piperazine rings is 1. The Labute approximate surface area is 119 Å². The lowest BCUT2D eigenvalue weighted by Crippen LogP contribution is -2.52. The third-order valence-corrected chi connectivity index (χ3v) is 3.76. The quantitative estimate of drug-likeness (QED) is 0.909. The van der Waals surface area contributed by atoms with Gasteiger partial charge in [0.25, 0.3) is 5.91 Å². The van der Waals surface area contributed by atoms with E-state index in [1.54, 1.807) is 26.4 Å². The molecule has 1 aliphatic heterocycles. The molecule has 0 aliphatic carbocycles. The average Bonchev–Trinajstić information content (AvgIpc) is 2.47. The Balaban J connectivity index is 2.34. The van der Waals surface area contributed by atoms with Gasteiger partial charge in [0.2, 0.25) is 0 Å². The van der Waals surface area contributed by atoms with Crippen molar-refractivity contribution in [3.63, 3.8) is 0 Å². The van der Waals surface area contributed by atoms with E-state index >= 15 is 0 Å². The van der Waals surface area contributed by atoms with Crippen molar-refractivity contribution >= 4 is 5.91 Å². The van der Waals surface area contributed by atoms with E-state index in [1.807, 2.05) is 18.7 Å². The molecule has 1 amide bonds. The lowest BCUT2D eigenvalue weighted by Gasteiger charge is -2.34. The van der Waals surface area contributed by atoms with Crippen LogP contribution in [0.25, 0.3) is 0 Å². The van der Waals surface area contributed by atoms with Crippen LogP contribution in [0.1, 0.15) is 22.8 Å². The van der Waals surface area contributed by atoms with Crippen molar-refractivity contribution in [2.24, 2.45) is 0 Å². The Morgan fingerprint density at radius 1 is 1.30 bits per heavy atom. The van der Waals surface area contributed by atoms with Gasteiger partial charge in [-0.25, -0.2) is 0 Å². The molecular weight excluding hydrogens is 256 g/mol. The maximum absolute atomic E-state index is 12.6. The second-order valence-corrected chi connectivity index (χ2v) is 5.06. The highest BCUT2D eigenvalue weighted by molar-refractivity contribution is 5.95. The fraction of sp³-hybridized carbons (Fsp3) is 0.533. The molecule has 5 nitrogen and oxygen atoms in total. The molecule has 110 valence electrons. The molecule has 1 aliphatic rings. The summed E-state index contributed by atoms with van der Waals surface area (Å²) < 4.78 is 10.7. The van der Waals surface area contributed by atoms with E-state index in [0.717, 1.165) is 25.2 Å². The van der Waals surface area contributed by atoms with Gasteiger partial charge in [0.05, 0.1) is 14.2 Å². The maximum Gasteiger partial charge on any atom is 0.254 e. The minimum atomic E-state index is 0.0237. The van der Waals surface area contributed by atoms with Crippen LogP contribution in [0, 0.1) is 6.92 Å². The second kappa shape index (κ2) is 6.13. The molecule has 1 atom stereocenters. The molecule has 0 aromatic heterocycles. The van der Waals surface area contributed by atoms with Crippen molar-refractivity contribution < 1.29 is 14.3 Å². The van der Waals surface area contributed by atoms with E-state index in [4.69, 9.17) is 9.47 Å². The van der Waals surface area contributed by atoms with Crippen LogP contribution >= 0.6 is 0 Å². The van der Waals surface area contributed by atoms with E-state index in [0.29, 0.717) is 17.1 Å². The summed E-state index contributed by atoms with van der Waals surface area (Å²) in [6.07, 6.45) is 0. The summed E-state index contributed by atoms with van der Waals surface area (Å²) in [5.41, 5.74) is 1.51. The van der Waals surface area contributed by atoms with Crippen molar-refractivity contribution in [1.29, 1.82) is 0 Å². The molecule has 2 rings (SSSR count). The molecular formula is C15H22N2O3. The fourth-order valence-corrected chi connectivity index (χ4v) is 2.52. The van der Waals surface area contributed by atoms with Crippen molar-refractivity contribution in [1.82, 2.24) is 10.2 Å². The van der Waals surface area contributed by atoms with Gasteiger partial charge in [-0.1, -0.05) is 0 Å². The van der Waals surface area contributed by atoms with Crippen LogP contribution in [0.5, 0.6) is 11.5 Å². The summed E-state index contributed by atoms with van der Waals surface area (Å²) in [5.74, 6) is 1.38. The number of carbonyl (C=O) groups is 1. The first kappa shape index (κ1) is 14.7. The standard InChI is InChI=1S/C15H22N2O3/c1-10-9-16-5-6-17(10)15(18)12-7-13(19-3)11(2)14(8-12)20-4/h7-8,10,16H,5-6,9H2,1-4H3. The van der Waals surface area contributed by atoms with Gasteiger partial charge in [0, 0.05) is 36.8 Å². The molecule has 0 radical (unpaired) electrons. The van der Waals surface area contributed by atoms with Gasteiger partial charge >= 0.3 is 0 Å². The first-order valence-electron chi connectivity index (χ1n) is 6.82. The zero-order valence-electron chi connectivity index (χ0n) is 12.5. The van der Waals surface area contributed by atoms with Crippen molar-refractivity contribution in [2.45, 2.75) is 19.9 Å². The van der Waals surface area contributed by atoms with E-state index in [9.17, 15) is 4.79 Å². The van der Waals surface area contributed by atoms with E-state index < -0.39 is 0 Å². The Bertz CT molecular complexity index is 477. The number of hydrogen-bond donors (Lipinski definition) is 1. The van der Waals surface area contributed by atoms with Crippen LogP contribution < -0.4 is 14.8 Å². The van der Waals surface area contributed by atoms with Crippen molar-refractivity contribution in [2.75, 3.05) is 33.9 Å². The van der Waals surface area contributed by atoms with Gasteiger partial charge in [-0.3, -0.25) is 4.79 Å². The number of methoxy groups -OCH3 is 2. The number of amides is 1.